The molecule has 0 amide bonds. The fraction of sp³-hybridized carbons (Fsp3) is 0.200. The number of hydrogen-bond acceptors (Lipinski definition) is 1. The van der Waals surface area contributed by atoms with Gasteiger partial charge in [0.1, 0.15) is 0 Å². The van der Waals surface area contributed by atoms with Gasteiger partial charge in [-0.25, -0.2) is 4.98 Å². The Morgan fingerprint density at radius 3 is 2.26 bits per heavy atom. The Morgan fingerprint density at radius 1 is 0.897 bits per heavy atom. The monoisotopic (exact) mass is 688 g/mol. The van der Waals surface area contributed by atoms with Crippen LogP contribution < -0.4 is 15.0 Å². The summed E-state index contributed by atoms with van der Waals surface area (Å²) < 4.78 is 0.184. The van der Waals surface area contributed by atoms with Crippen LogP contribution in [0.5, 0.6) is 0 Å². The van der Waals surface area contributed by atoms with Crippen molar-refractivity contribution in [3.05, 3.63) is 93.5 Å². The van der Waals surface area contributed by atoms with E-state index >= 15 is 0 Å². The van der Waals surface area contributed by atoms with Crippen LogP contribution in [-0.2, 0) is 31.3 Å². The van der Waals surface area contributed by atoms with Gasteiger partial charge < -0.3 is 15.0 Å². The number of hydrogen-bond donors (Lipinski definition) is 0. The van der Waals surface area contributed by atoms with Crippen molar-refractivity contribution in [2.75, 3.05) is 0 Å². The molecule has 8 bridgehead atoms. The normalized spacial score (nSPS) is 13.5. The number of nitrogens with zero attached hydrogens (tertiary/aromatic N) is 4. The van der Waals surface area contributed by atoms with Crippen LogP contribution in [0.15, 0.2) is 65.1 Å². The van der Waals surface area contributed by atoms with Gasteiger partial charge in [-0.2, -0.15) is 0 Å². The summed E-state index contributed by atoms with van der Waals surface area (Å²) in [7, 11) is 0. The smallest absolute Gasteiger partial charge is 0.656 e. The third-order valence-electron chi connectivity index (χ3n) is 6.41. The van der Waals surface area contributed by atoms with Crippen LogP contribution in [0, 0.1) is 6.92 Å². The van der Waals surface area contributed by atoms with Gasteiger partial charge in [0.2, 0.25) is 0 Å². The van der Waals surface area contributed by atoms with Gasteiger partial charge in [0.25, 0.3) is 0 Å². The summed E-state index contributed by atoms with van der Waals surface area (Å²) in [5, 5.41) is 0. The average molecular weight is 692 g/mol. The zero-order valence-electron chi connectivity index (χ0n) is 21.7. The van der Waals surface area contributed by atoms with Crippen molar-refractivity contribution < 1.29 is 19.5 Å². The van der Waals surface area contributed by atoms with Gasteiger partial charge in [-0.1, -0.05) is 110 Å². The van der Waals surface area contributed by atoms with Gasteiger partial charge in [-0.3, -0.25) is 0 Å². The predicted octanol–water partition coefficient (Wildman–Crippen LogP) is 8.83. The summed E-state index contributed by atoms with van der Waals surface area (Å²) in [4.78, 5) is 19.7. The van der Waals surface area contributed by atoms with Crippen molar-refractivity contribution in [1.82, 2.24) is 19.9 Å². The molecule has 5 heterocycles. The van der Waals surface area contributed by atoms with Crippen molar-refractivity contribution in [3.8, 4) is 11.1 Å². The molecule has 4 nitrogen and oxygen atoms in total. The summed E-state index contributed by atoms with van der Waals surface area (Å²) >= 11 is 18.1. The van der Waals surface area contributed by atoms with E-state index in [2.05, 4.69) is 91.3 Å². The molecule has 0 N–H and O–H groups in total. The molecular formula is C30H24BrCl3N4Zn. The summed E-state index contributed by atoms with van der Waals surface area (Å²) in [6.45, 7) is 6.55. The first-order valence-corrected chi connectivity index (χ1v) is 14.1. The van der Waals surface area contributed by atoms with E-state index in [0.29, 0.717) is 0 Å². The Balaban J connectivity index is 0.000000662. The number of aromatic nitrogens is 4. The number of alkyl halides is 3. The number of halogens is 4. The molecule has 194 valence electrons. The van der Waals surface area contributed by atoms with Gasteiger partial charge in [0.05, 0.1) is 11.4 Å². The largest absolute Gasteiger partial charge is 2.00 e. The molecule has 0 radical (unpaired) electrons. The molecule has 0 aliphatic carbocycles. The molecular weight excluding hydrogens is 668 g/mol. The van der Waals surface area contributed by atoms with Gasteiger partial charge in [-0.05, 0) is 55.6 Å². The van der Waals surface area contributed by atoms with Crippen LogP contribution in [0.25, 0.3) is 45.3 Å². The first kappa shape index (κ1) is 30.0. The Hall–Kier alpha value is -1.95. The van der Waals surface area contributed by atoms with E-state index in [-0.39, 0.29) is 24.9 Å². The van der Waals surface area contributed by atoms with Gasteiger partial charge in [-0.15, -0.1) is 16.6 Å². The number of aryl methyl sites for hydroxylation is 1. The Bertz CT molecular complexity index is 1690. The SMILES string of the molecule is Cc1ccc(-c2c3ccc(c[c+]4[n-]c(cc5nc(cc6[n-]c2cc6Br)C=C5)C(C)(C)C4)[n-]3)cc1.ClC(Cl)Cl.[Zn+2]. The van der Waals surface area contributed by atoms with E-state index in [1.165, 1.54) is 5.56 Å². The first-order chi connectivity index (χ1) is 18.1. The Morgan fingerprint density at radius 2 is 1.56 bits per heavy atom. The standard InChI is InChI=1S/C29H23BrN4.CHCl3.Zn/c1-17-4-6-18(7-5-17)28-24-11-10-19(32-24)12-22-16-29(2,3)27(33-22)14-21-9-8-20(31-21)13-25-23(30)15-26(28)34-25;2-1(3)4;/h4-15H,16H2,1-3H3;1H;/q-2;;+2. The van der Waals surface area contributed by atoms with Crippen LogP contribution in [-0.4, -0.2) is 9.28 Å². The van der Waals surface area contributed by atoms with Crippen molar-refractivity contribution in [3.63, 3.8) is 0 Å². The topological polar surface area (TPSA) is 55.2 Å². The number of fused-ring (bicyclic) bond motifs is 8. The van der Waals surface area contributed by atoms with Gasteiger partial charge >= 0.3 is 19.5 Å². The minimum absolute atomic E-state index is 0. The number of benzene rings is 1. The van der Waals surface area contributed by atoms with E-state index < -0.39 is 4.30 Å². The van der Waals surface area contributed by atoms with Crippen molar-refractivity contribution in [1.29, 1.82) is 0 Å². The van der Waals surface area contributed by atoms with Crippen LogP contribution >= 0.6 is 50.7 Å². The maximum absolute atomic E-state index is 4.99. The minimum atomic E-state index is -0.750. The van der Waals surface area contributed by atoms with Crippen LogP contribution in [0.3, 0.4) is 0 Å². The molecule has 0 fully saturated rings. The van der Waals surface area contributed by atoms with E-state index in [9.17, 15) is 0 Å². The molecule has 9 heteroatoms. The summed E-state index contributed by atoms with van der Waals surface area (Å²) in [5.74, 6) is 0. The van der Waals surface area contributed by atoms with Crippen LogP contribution in [0.4, 0.5) is 0 Å². The summed E-state index contributed by atoms with van der Waals surface area (Å²) in [6.07, 6.45) is 4.94. The van der Waals surface area contributed by atoms with E-state index in [0.717, 1.165) is 66.9 Å². The van der Waals surface area contributed by atoms with Gasteiger partial charge in [0.15, 0.2) is 4.30 Å². The molecule has 1 aromatic carbocycles. The zero-order chi connectivity index (χ0) is 27.0. The fourth-order valence-electron chi connectivity index (χ4n) is 4.59. The molecule has 0 spiro atoms. The zero-order valence-corrected chi connectivity index (χ0v) is 28.5. The molecule has 0 saturated carbocycles. The van der Waals surface area contributed by atoms with Crippen molar-refractivity contribution in [2.45, 2.75) is 36.9 Å². The maximum atomic E-state index is 4.99. The molecule has 39 heavy (non-hydrogen) atoms. The summed E-state index contributed by atoms with van der Waals surface area (Å²) in [6, 6.07) is 20.9. The molecule has 3 aromatic heterocycles. The fourth-order valence-corrected chi connectivity index (χ4v) is 5.01. The molecule has 2 aliphatic rings. The quantitative estimate of drug-likeness (QED) is 0.100. The van der Waals surface area contributed by atoms with Gasteiger partial charge in [0, 0.05) is 28.4 Å². The molecule has 2 aliphatic heterocycles. The Kier molecular flexibility index (Phi) is 9.46. The van der Waals surface area contributed by atoms with E-state index in [1.54, 1.807) is 0 Å². The number of rotatable bonds is 1. The minimum Gasteiger partial charge on any atom is -0.656 e. The third kappa shape index (κ3) is 7.04. The summed E-state index contributed by atoms with van der Waals surface area (Å²) in [5.41, 5.74) is 10.7. The van der Waals surface area contributed by atoms with Crippen LogP contribution in [0.2, 0.25) is 0 Å². The van der Waals surface area contributed by atoms with E-state index in [1.807, 2.05) is 18.2 Å². The second-order valence-electron chi connectivity index (χ2n) is 9.90. The third-order valence-corrected chi connectivity index (χ3v) is 7.05. The molecule has 0 atom stereocenters. The molecule has 0 unspecified atom stereocenters. The average Bonchev–Trinajstić information content (AvgIpc) is 3.60. The molecule has 4 aromatic rings. The Labute approximate surface area is 264 Å². The van der Waals surface area contributed by atoms with Crippen molar-refractivity contribution >= 4 is 85.0 Å². The molecule has 6 rings (SSSR count). The maximum Gasteiger partial charge on any atom is 2.00 e. The first-order valence-electron chi connectivity index (χ1n) is 12.0. The van der Waals surface area contributed by atoms with Crippen molar-refractivity contribution in [2.24, 2.45) is 0 Å². The molecule has 0 saturated heterocycles. The van der Waals surface area contributed by atoms with Crippen LogP contribution in [0.1, 0.15) is 42.2 Å². The van der Waals surface area contributed by atoms with E-state index in [4.69, 9.17) is 54.7 Å². The second-order valence-corrected chi connectivity index (χ2v) is 12.7. The second kappa shape index (κ2) is 12.3. The predicted molar refractivity (Wildman–Crippen MR) is 164 cm³/mol.